The second-order valence-electron chi connectivity index (χ2n) is 6.42. The number of nitrogens with one attached hydrogen (secondary N) is 1. The Morgan fingerprint density at radius 3 is 2.79 bits per heavy atom. The quantitative estimate of drug-likeness (QED) is 0.364. The molecular weight excluding hydrogens is 507 g/mol. The molecule has 2 aromatic rings. The zero-order valence-corrected chi connectivity index (χ0v) is 19.8. The number of hydrogen-bond donors (Lipinski definition) is 1. The van der Waals surface area contributed by atoms with Gasteiger partial charge in [0.1, 0.15) is 12.3 Å². The second kappa shape index (κ2) is 10.7. The molecule has 1 saturated heterocycles. The highest BCUT2D eigenvalue weighted by molar-refractivity contribution is 14.0. The van der Waals surface area contributed by atoms with E-state index in [0.29, 0.717) is 37.2 Å². The summed E-state index contributed by atoms with van der Waals surface area (Å²) >= 11 is 6.07. The topological polar surface area (TPSA) is 75.0 Å². The van der Waals surface area contributed by atoms with Crippen molar-refractivity contribution < 1.29 is 9.53 Å². The van der Waals surface area contributed by atoms with E-state index in [9.17, 15) is 4.79 Å². The van der Waals surface area contributed by atoms with Gasteiger partial charge in [-0.2, -0.15) is 5.10 Å². The van der Waals surface area contributed by atoms with Crippen LogP contribution in [-0.4, -0.2) is 59.8 Å². The van der Waals surface area contributed by atoms with Gasteiger partial charge < -0.3 is 19.9 Å². The van der Waals surface area contributed by atoms with E-state index in [0.717, 1.165) is 17.0 Å². The number of aryl methyl sites for hydroxylation is 1. The number of halogens is 2. The van der Waals surface area contributed by atoms with Crippen molar-refractivity contribution in [1.29, 1.82) is 0 Å². The van der Waals surface area contributed by atoms with Gasteiger partial charge in [0.2, 0.25) is 5.91 Å². The summed E-state index contributed by atoms with van der Waals surface area (Å²) in [4.78, 5) is 20.7. The van der Waals surface area contributed by atoms with Crippen LogP contribution in [0, 0.1) is 0 Å². The summed E-state index contributed by atoms with van der Waals surface area (Å²) in [6.07, 6.45) is 3.55. The van der Waals surface area contributed by atoms with Crippen molar-refractivity contribution in [2.75, 3.05) is 38.2 Å². The lowest BCUT2D eigenvalue weighted by atomic mass is 10.2. The number of benzene rings is 1. The highest BCUT2D eigenvalue weighted by Gasteiger charge is 2.27. The Morgan fingerprint density at radius 2 is 2.17 bits per heavy atom. The Kier molecular flexibility index (Phi) is 8.57. The fraction of sp³-hybridized carbons (Fsp3) is 0.421. The number of amides is 1. The van der Waals surface area contributed by atoms with E-state index in [2.05, 4.69) is 15.4 Å². The number of ether oxygens (including phenoxy) is 1. The van der Waals surface area contributed by atoms with E-state index in [4.69, 9.17) is 16.3 Å². The summed E-state index contributed by atoms with van der Waals surface area (Å²) in [6, 6.07) is 5.57. The molecule has 0 bridgehead atoms. The number of hydrogen-bond acceptors (Lipinski definition) is 4. The lowest BCUT2D eigenvalue weighted by Gasteiger charge is -2.35. The summed E-state index contributed by atoms with van der Waals surface area (Å²) in [5.74, 6) is 1.44. The highest BCUT2D eigenvalue weighted by atomic mass is 127. The Balaban J connectivity index is 0.00000300. The fourth-order valence-electron chi connectivity index (χ4n) is 3.15. The average Bonchev–Trinajstić information content (AvgIpc) is 3.10. The molecule has 1 aromatic carbocycles. The van der Waals surface area contributed by atoms with Crippen molar-refractivity contribution >= 4 is 53.1 Å². The summed E-state index contributed by atoms with van der Waals surface area (Å²) in [5.41, 5.74) is 1.80. The molecule has 10 heteroatoms. The zero-order valence-electron chi connectivity index (χ0n) is 16.8. The van der Waals surface area contributed by atoms with Crippen LogP contribution in [0.3, 0.4) is 0 Å². The van der Waals surface area contributed by atoms with E-state index in [1.165, 1.54) is 0 Å². The first-order chi connectivity index (χ1) is 13.5. The molecule has 158 valence electrons. The van der Waals surface area contributed by atoms with Crippen LogP contribution in [-0.2, 0) is 18.4 Å². The minimum Gasteiger partial charge on any atom is -0.493 e. The second-order valence-corrected chi connectivity index (χ2v) is 6.86. The van der Waals surface area contributed by atoms with Crippen LogP contribution in [0.5, 0.6) is 5.75 Å². The maximum atomic E-state index is 12.6. The Morgan fingerprint density at radius 1 is 1.38 bits per heavy atom. The van der Waals surface area contributed by atoms with Gasteiger partial charge in [0.05, 0.1) is 18.5 Å². The lowest BCUT2D eigenvalue weighted by Crippen LogP contribution is -2.55. The first-order valence-corrected chi connectivity index (χ1v) is 9.55. The van der Waals surface area contributed by atoms with Crippen molar-refractivity contribution in [3.05, 3.63) is 41.2 Å². The van der Waals surface area contributed by atoms with Gasteiger partial charge in [-0.1, -0.05) is 17.7 Å². The van der Waals surface area contributed by atoms with Gasteiger partial charge in [-0.15, -0.1) is 24.0 Å². The molecular formula is C19H26ClIN6O2. The van der Waals surface area contributed by atoms with Gasteiger partial charge in [0.15, 0.2) is 5.96 Å². The molecule has 1 N–H and O–H groups in total. The van der Waals surface area contributed by atoms with E-state index in [1.807, 2.05) is 37.2 Å². The third-order valence-electron chi connectivity index (χ3n) is 4.50. The smallest absolute Gasteiger partial charge is 0.246 e. The summed E-state index contributed by atoms with van der Waals surface area (Å²) < 4.78 is 7.36. The van der Waals surface area contributed by atoms with Crippen LogP contribution < -0.4 is 15.0 Å². The molecule has 0 radical (unpaired) electrons. The van der Waals surface area contributed by atoms with Crippen LogP contribution in [0.2, 0.25) is 5.02 Å². The van der Waals surface area contributed by atoms with Gasteiger partial charge >= 0.3 is 0 Å². The number of nitrogens with zero attached hydrogens (tertiary/aromatic N) is 5. The van der Waals surface area contributed by atoms with Crippen molar-refractivity contribution in [3.8, 4) is 5.75 Å². The Hall–Kier alpha value is -2.01. The van der Waals surface area contributed by atoms with Crippen LogP contribution >= 0.6 is 35.6 Å². The van der Waals surface area contributed by atoms with E-state index in [-0.39, 0.29) is 36.4 Å². The molecule has 0 unspecified atom stereocenters. The molecule has 0 saturated carbocycles. The van der Waals surface area contributed by atoms with Crippen molar-refractivity contribution in [2.45, 2.75) is 13.5 Å². The van der Waals surface area contributed by atoms with Crippen molar-refractivity contribution in [1.82, 2.24) is 20.0 Å². The Labute approximate surface area is 192 Å². The first-order valence-electron chi connectivity index (χ1n) is 9.17. The molecule has 29 heavy (non-hydrogen) atoms. The number of carbonyl (C=O) groups is 1. The number of piperazine rings is 1. The third-order valence-corrected chi connectivity index (χ3v) is 4.74. The van der Waals surface area contributed by atoms with Crippen LogP contribution in [0.25, 0.3) is 0 Å². The van der Waals surface area contributed by atoms with E-state index < -0.39 is 0 Å². The minimum atomic E-state index is 0. The predicted octanol–water partition coefficient (Wildman–Crippen LogP) is 2.51. The van der Waals surface area contributed by atoms with Crippen LogP contribution in [0.4, 0.5) is 5.69 Å². The standard InChI is InChI=1S/C19H25ClN6O2.HI/c1-4-28-17-9-15(20)6-5-14(17)10-22-19(21-2)25-7-8-26(18(27)13-25)16-11-23-24(3)12-16;/h5-6,9,11-12H,4,7-8,10,13H2,1-3H3,(H,21,22);1H. The largest absolute Gasteiger partial charge is 0.493 e. The number of anilines is 1. The molecule has 3 rings (SSSR count). The van der Waals surface area contributed by atoms with E-state index in [1.54, 1.807) is 28.9 Å². The SMILES string of the molecule is CCOc1cc(Cl)ccc1CNC(=NC)N1CCN(c2cnn(C)c2)C(=O)C1.I. The molecule has 8 nitrogen and oxygen atoms in total. The average molecular weight is 533 g/mol. The summed E-state index contributed by atoms with van der Waals surface area (Å²) in [5, 5.41) is 8.09. The predicted molar refractivity (Wildman–Crippen MR) is 125 cm³/mol. The summed E-state index contributed by atoms with van der Waals surface area (Å²) in [7, 11) is 3.55. The highest BCUT2D eigenvalue weighted by Crippen LogP contribution is 2.23. The molecule has 0 atom stereocenters. The zero-order chi connectivity index (χ0) is 20.1. The van der Waals surface area contributed by atoms with Gasteiger partial charge in [0.25, 0.3) is 0 Å². The molecule has 1 amide bonds. The first kappa shape index (κ1) is 23.3. The van der Waals surface area contributed by atoms with Gasteiger partial charge in [-0.25, -0.2) is 0 Å². The number of carbonyl (C=O) groups excluding carboxylic acids is 1. The number of aromatic nitrogens is 2. The Bertz CT molecular complexity index is 872. The maximum absolute atomic E-state index is 12.6. The number of guanidine groups is 1. The van der Waals surface area contributed by atoms with Gasteiger partial charge in [0, 0.05) is 50.5 Å². The van der Waals surface area contributed by atoms with Gasteiger partial charge in [-0.05, 0) is 19.1 Å². The molecule has 0 aliphatic carbocycles. The maximum Gasteiger partial charge on any atom is 0.246 e. The number of aliphatic imine (C=N–C) groups is 1. The monoisotopic (exact) mass is 532 g/mol. The summed E-state index contributed by atoms with van der Waals surface area (Å²) in [6.45, 7) is 4.54. The van der Waals surface area contributed by atoms with Crippen LogP contribution in [0.15, 0.2) is 35.6 Å². The molecule has 2 heterocycles. The normalized spacial score (nSPS) is 14.6. The fourth-order valence-corrected chi connectivity index (χ4v) is 3.31. The van der Waals surface area contributed by atoms with E-state index >= 15 is 0 Å². The molecule has 1 aromatic heterocycles. The van der Waals surface area contributed by atoms with Gasteiger partial charge in [-0.3, -0.25) is 14.5 Å². The molecule has 1 aliphatic heterocycles. The van der Waals surface area contributed by atoms with Crippen molar-refractivity contribution in [2.24, 2.45) is 12.0 Å². The third kappa shape index (κ3) is 5.75. The van der Waals surface area contributed by atoms with Crippen molar-refractivity contribution in [3.63, 3.8) is 0 Å². The molecule has 0 spiro atoms. The lowest BCUT2D eigenvalue weighted by molar-refractivity contribution is -0.120. The number of rotatable bonds is 5. The molecule has 1 aliphatic rings. The van der Waals surface area contributed by atoms with Crippen LogP contribution in [0.1, 0.15) is 12.5 Å². The molecule has 1 fully saturated rings. The minimum absolute atomic E-state index is 0.